The molecular weight excluding hydrogens is 478 g/mol. The Kier molecular flexibility index (Phi) is 7.99. The van der Waals surface area contributed by atoms with Crippen LogP contribution in [0.15, 0.2) is 53.4 Å². The predicted molar refractivity (Wildman–Crippen MR) is 129 cm³/mol. The lowest BCUT2D eigenvalue weighted by Crippen LogP contribution is -2.49. The summed E-state index contributed by atoms with van der Waals surface area (Å²) in [5.74, 6) is -1.17. The van der Waals surface area contributed by atoms with Crippen molar-refractivity contribution in [2.45, 2.75) is 44.7 Å². The standard InChI is InChI=1S/C24H28ClN3O5S/c1-16(2)14-26-23(30)17(3)27(15-18-8-10-19(25)11-9-18)22(29)12-13-28-24(31)20-6-4-5-7-21(20)34(28,32)33/h4-11,16-17H,12-15H2,1-3H3,(H,26,30)/t17-/m1/s1. The van der Waals surface area contributed by atoms with Crippen LogP contribution in [-0.4, -0.2) is 54.5 Å². The molecule has 0 saturated carbocycles. The van der Waals surface area contributed by atoms with Crippen LogP contribution in [-0.2, 0) is 26.2 Å². The van der Waals surface area contributed by atoms with Crippen molar-refractivity contribution >= 4 is 39.3 Å². The Bertz CT molecular complexity index is 1180. The van der Waals surface area contributed by atoms with E-state index in [-0.39, 0.29) is 41.8 Å². The second kappa shape index (κ2) is 10.6. The second-order valence-electron chi connectivity index (χ2n) is 8.59. The Morgan fingerprint density at radius 2 is 1.71 bits per heavy atom. The summed E-state index contributed by atoms with van der Waals surface area (Å²) in [4.78, 5) is 39.9. The van der Waals surface area contributed by atoms with Gasteiger partial charge in [0.1, 0.15) is 10.9 Å². The number of carbonyl (C=O) groups excluding carboxylic acids is 3. The average Bonchev–Trinajstić information content (AvgIpc) is 3.00. The first-order valence-electron chi connectivity index (χ1n) is 11.0. The van der Waals surface area contributed by atoms with E-state index < -0.39 is 27.9 Å². The van der Waals surface area contributed by atoms with Crippen LogP contribution in [0.25, 0.3) is 0 Å². The van der Waals surface area contributed by atoms with E-state index in [0.717, 1.165) is 9.87 Å². The van der Waals surface area contributed by atoms with Crippen molar-refractivity contribution < 1.29 is 22.8 Å². The minimum absolute atomic E-state index is 0.0631. The third-order valence-corrected chi connectivity index (χ3v) is 7.65. The number of nitrogens with zero attached hydrogens (tertiary/aromatic N) is 2. The number of nitrogens with one attached hydrogen (secondary N) is 1. The summed E-state index contributed by atoms with van der Waals surface area (Å²) >= 11 is 5.96. The van der Waals surface area contributed by atoms with Gasteiger partial charge in [-0.2, -0.15) is 0 Å². The zero-order valence-electron chi connectivity index (χ0n) is 19.3. The summed E-state index contributed by atoms with van der Waals surface area (Å²) < 4.78 is 26.3. The number of rotatable bonds is 9. The summed E-state index contributed by atoms with van der Waals surface area (Å²) in [5, 5.41) is 3.37. The Hall–Kier alpha value is -2.91. The van der Waals surface area contributed by atoms with Gasteiger partial charge >= 0.3 is 0 Å². The van der Waals surface area contributed by atoms with Crippen LogP contribution in [0.3, 0.4) is 0 Å². The quantitative estimate of drug-likeness (QED) is 0.564. The first kappa shape index (κ1) is 25.7. The number of hydrogen-bond donors (Lipinski definition) is 1. The molecule has 0 aromatic heterocycles. The van der Waals surface area contributed by atoms with Gasteiger partial charge in [-0.15, -0.1) is 0 Å². The van der Waals surface area contributed by atoms with E-state index in [1.54, 1.807) is 43.3 Å². The Balaban J connectivity index is 1.77. The van der Waals surface area contributed by atoms with Gasteiger partial charge in [0.2, 0.25) is 11.8 Å². The van der Waals surface area contributed by atoms with Crippen molar-refractivity contribution in [2.75, 3.05) is 13.1 Å². The van der Waals surface area contributed by atoms with E-state index in [2.05, 4.69) is 5.32 Å². The van der Waals surface area contributed by atoms with Crippen LogP contribution in [0.2, 0.25) is 5.02 Å². The number of benzene rings is 2. The van der Waals surface area contributed by atoms with E-state index in [4.69, 9.17) is 11.6 Å². The molecule has 2 aromatic carbocycles. The van der Waals surface area contributed by atoms with Gasteiger partial charge < -0.3 is 10.2 Å². The molecule has 0 radical (unpaired) electrons. The summed E-state index contributed by atoms with van der Waals surface area (Å²) in [5.41, 5.74) is 0.855. The molecule has 182 valence electrons. The number of hydrogen-bond acceptors (Lipinski definition) is 5. The van der Waals surface area contributed by atoms with Crippen molar-refractivity contribution in [1.82, 2.24) is 14.5 Å². The summed E-state index contributed by atoms with van der Waals surface area (Å²) in [7, 11) is -4.02. The zero-order chi connectivity index (χ0) is 25.0. The summed E-state index contributed by atoms with van der Waals surface area (Å²) in [6.45, 7) is 5.83. The van der Waals surface area contributed by atoms with Gasteiger partial charge in [0.15, 0.2) is 0 Å². The lowest BCUT2D eigenvalue weighted by atomic mass is 10.1. The minimum Gasteiger partial charge on any atom is -0.354 e. The van der Waals surface area contributed by atoms with E-state index >= 15 is 0 Å². The molecule has 0 unspecified atom stereocenters. The number of fused-ring (bicyclic) bond motifs is 1. The normalized spacial score (nSPS) is 15.2. The molecule has 0 spiro atoms. The number of sulfonamides is 1. The van der Waals surface area contributed by atoms with Crippen LogP contribution in [0.1, 0.15) is 43.1 Å². The largest absolute Gasteiger partial charge is 0.354 e. The monoisotopic (exact) mass is 505 g/mol. The van der Waals surface area contributed by atoms with E-state index in [0.29, 0.717) is 11.6 Å². The third-order valence-electron chi connectivity index (χ3n) is 5.56. The molecule has 0 aliphatic carbocycles. The SMILES string of the molecule is CC(C)CNC(=O)[C@@H](C)N(Cc1ccc(Cl)cc1)C(=O)CCN1C(=O)c2ccccc2S1(=O)=O. The van der Waals surface area contributed by atoms with Crippen LogP contribution < -0.4 is 5.32 Å². The van der Waals surface area contributed by atoms with Crippen molar-refractivity contribution in [3.8, 4) is 0 Å². The highest BCUT2D eigenvalue weighted by Crippen LogP contribution is 2.30. The number of halogens is 1. The van der Waals surface area contributed by atoms with Crippen molar-refractivity contribution in [1.29, 1.82) is 0 Å². The van der Waals surface area contributed by atoms with Crippen molar-refractivity contribution in [3.05, 3.63) is 64.7 Å². The van der Waals surface area contributed by atoms with E-state index in [1.165, 1.54) is 17.0 Å². The molecule has 1 aliphatic rings. The van der Waals surface area contributed by atoms with Crippen LogP contribution >= 0.6 is 11.6 Å². The highest BCUT2D eigenvalue weighted by Gasteiger charge is 2.41. The molecule has 0 fully saturated rings. The smallest absolute Gasteiger partial charge is 0.269 e. The fourth-order valence-electron chi connectivity index (χ4n) is 3.61. The number of amides is 3. The fraction of sp³-hybridized carbons (Fsp3) is 0.375. The second-order valence-corrected chi connectivity index (χ2v) is 10.9. The topological polar surface area (TPSA) is 104 Å². The molecule has 1 atom stereocenters. The van der Waals surface area contributed by atoms with Gasteiger partial charge in [-0.25, -0.2) is 12.7 Å². The highest BCUT2D eigenvalue weighted by molar-refractivity contribution is 7.90. The van der Waals surface area contributed by atoms with Crippen LogP contribution in [0, 0.1) is 5.92 Å². The summed E-state index contributed by atoms with van der Waals surface area (Å²) in [6, 6.07) is 12.0. The third kappa shape index (κ3) is 5.59. The molecule has 1 heterocycles. The molecule has 0 saturated heterocycles. The predicted octanol–water partition coefficient (Wildman–Crippen LogP) is 3.06. The molecule has 3 amide bonds. The lowest BCUT2D eigenvalue weighted by molar-refractivity contribution is -0.140. The maximum Gasteiger partial charge on any atom is 0.269 e. The molecule has 3 rings (SSSR count). The maximum atomic E-state index is 13.2. The molecule has 34 heavy (non-hydrogen) atoms. The first-order valence-corrected chi connectivity index (χ1v) is 12.8. The fourth-order valence-corrected chi connectivity index (χ4v) is 5.31. The molecule has 1 N–H and O–H groups in total. The molecule has 8 nitrogen and oxygen atoms in total. The van der Waals surface area contributed by atoms with Crippen LogP contribution in [0.5, 0.6) is 0 Å². The molecule has 0 bridgehead atoms. The lowest BCUT2D eigenvalue weighted by Gasteiger charge is -2.29. The Morgan fingerprint density at radius 1 is 1.06 bits per heavy atom. The minimum atomic E-state index is -4.02. The van der Waals surface area contributed by atoms with E-state index in [1.807, 2.05) is 13.8 Å². The van der Waals surface area contributed by atoms with Crippen molar-refractivity contribution in [2.24, 2.45) is 5.92 Å². The van der Waals surface area contributed by atoms with E-state index in [9.17, 15) is 22.8 Å². The Morgan fingerprint density at radius 3 is 2.32 bits per heavy atom. The molecule has 10 heteroatoms. The molecule has 1 aliphatic heterocycles. The molecular formula is C24H28ClN3O5S. The Labute approximate surface area is 204 Å². The number of carbonyl (C=O) groups is 3. The average molecular weight is 506 g/mol. The van der Waals surface area contributed by atoms with Crippen molar-refractivity contribution in [3.63, 3.8) is 0 Å². The van der Waals surface area contributed by atoms with Gasteiger partial charge in [-0.3, -0.25) is 14.4 Å². The van der Waals surface area contributed by atoms with Crippen LogP contribution in [0.4, 0.5) is 0 Å². The first-order chi connectivity index (χ1) is 16.0. The maximum absolute atomic E-state index is 13.2. The van der Waals surface area contributed by atoms with Gasteiger partial charge in [-0.05, 0) is 42.7 Å². The van der Waals surface area contributed by atoms with Gasteiger partial charge in [0, 0.05) is 31.1 Å². The highest BCUT2D eigenvalue weighted by atomic mass is 35.5. The zero-order valence-corrected chi connectivity index (χ0v) is 20.9. The summed E-state index contributed by atoms with van der Waals surface area (Å²) in [6.07, 6.45) is -0.256. The van der Waals surface area contributed by atoms with Gasteiger partial charge in [0.25, 0.3) is 15.9 Å². The molecule has 2 aromatic rings. The van der Waals surface area contributed by atoms with Gasteiger partial charge in [-0.1, -0.05) is 49.7 Å². The van der Waals surface area contributed by atoms with Gasteiger partial charge in [0.05, 0.1) is 5.56 Å².